The van der Waals surface area contributed by atoms with Gasteiger partial charge >= 0.3 is 0 Å². The van der Waals surface area contributed by atoms with Gasteiger partial charge in [-0.3, -0.25) is 4.79 Å². The van der Waals surface area contributed by atoms with Crippen LogP contribution in [0.4, 0.5) is 0 Å². The highest BCUT2D eigenvalue weighted by Crippen LogP contribution is 2.17. The number of aromatic nitrogens is 3. The first-order valence-electron chi connectivity index (χ1n) is 9.28. The lowest BCUT2D eigenvalue weighted by atomic mass is 10.1. The number of hydrogen-bond donors (Lipinski definition) is 1. The predicted molar refractivity (Wildman–Crippen MR) is 105 cm³/mol. The van der Waals surface area contributed by atoms with Gasteiger partial charge in [-0.15, -0.1) is 0 Å². The molecule has 0 aliphatic carbocycles. The average Bonchev–Trinajstić information content (AvgIpc) is 3.20. The Morgan fingerprint density at radius 2 is 2.04 bits per heavy atom. The van der Waals surface area contributed by atoms with E-state index in [1.807, 2.05) is 25.1 Å². The van der Waals surface area contributed by atoms with Crippen molar-refractivity contribution < 1.29 is 14.1 Å². The van der Waals surface area contributed by atoms with Crippen LogP contribution >= 0.6 is 0 Å². The lowest BCUT2D eigenvalue weighted by Crippen LogP contribution is -2.23. The van der Waals surface area contributed by atoms with Gasteiger partial charge in [0.05, 0.1) is 6.10 Å². The van der Waals surface area contributed by atoms with Gasteiger partial charge in [-0.25, -0.2) is 4.98 Å². The smallest absolute Gasteiger partial charge is 0.251 e. The molecule has 1 atom stereocenters. The second-order valence-corrected chi connectivity index (χ2v) is 7.08. The van der Waals surface area contributed by atoms with Gasteiger partial charge in [-0.2, -0.15) is 4.98 Å². The Kier molecular flexibility index (Phi) is 6.37. The Labute approximate surface area is 164 Å². The van der Waals surface area contributed by atoms with Crippen molar-refractivity contribution in [3.63, 3.8) is 0 Å². The molecule has 1 N–H and O–H groups in total. The third-order valence-corrected chi connectivity index (χ3v) is 4.12. The second kappa shape index (κ2) is 9.12. The van der Waals surface area contributed by atoms with Crippen LogP contribution in [0.2, 0.25) is 0 Å². The second-order valence-electron chi connectivity index (χ2n) is 7.08. The third kappa shape index (κ3) is 5.39. The van der Waals surface area contributed by atoms with Crippen LogP contribution in [0.15, 0.2) is 53.5 Å². The van der Waals surface area contributed by atoms with E-state index in [0.717, 1.165) is 17.5 Å². The summed E-state index contributed by atoms with van der Waals surface area (Å²) < 4.78 is 10.6. The zero-order valence-electron chi connectivity index (χ0n) is 16.3. The summed E-state index contributed by atoms with van der Waals surface area (Å²) in [5.41, 5.74) is 2.17. The van der Waals surface area contributed by atoms with Crippen molar-refractivity contribution in [2.24, 2.45) is 5.92 Å². The number of nitrogens with zero attached hydrogens (tertiary/aromatic N) is 3. The van der Waals surface area contributed by atoms with Gasteiger partial charge in [0.25, 0.3) is 5.91 Å². The fourth-order valence-corrected chi connectivity index (χ4v) is 2.92. The minimum atomic E-state index is -0.183. The Hall–Kier alpha value is -3.22. The van der Waals surface area contributed by atoms with Crippen LogP contribution in [0.1, 0.15) is 43.1 Å². The molecule has 1 amide bonds. The van der Waals surface area contributed by atoms with E-state index in [0.29, 0.717) is 29.7 Å². The summed E-state index contributed by atoms with van der Waals surface area (Å²) in [4.78, 5) is 20.8. The maximum Gasteiger partial charge on any atom is 0.251 e. The van der Waals surface area contributed by atoms with E-state index < -0.39 is 0 Å². The molecule has 0 spiro atoms. The Morgan fingerprint density at radius 3 is 2.79 bits per heavy atom. The fraction of sp³-hybridized carbons (Fsp3) is 0.333. The molecule has 2 aromatic heterocycles. The number of hydrogen-bond acceptors (Lipinski definition) is 6. The molecule has 0 saturated carbocycles. The summed E-state index contributed by atoms with van der Waals surface area (Å²) in [5, 5.41) is 6.71. The number of benzene rings is 1. The minimum absolute atomic E-state index is 0.0882. The molecular formula is C21H24N4O3. The summed E-state index contributed by atoms with van der Waals surface area (Å²) in [6.45, 7) is 6.73. The molecule has 1 unspecified atom stereocenters. The fourth-order valence-electron chi connectivity index (χ4n) is 2.92. The molecule has 7 heteroatoms. The van der Waals surface area contributed by atoms with E-state index in [-0.39, 0.29) is 12.0 Å². The Bertz CT molecular complexity index is 910. The first-order valence-corrected chi connectivity index (χ1v) is 9.28. The lowest BCUT2D eigenvalue weighted by molar-refractivity contribution is 0.0950. The Morgan fingerprint density at radius 1 is 1.18 bits per heavy atom. The van der Waals surface area contributed by atoms with E-state index >= 15 is 0 Å². The summed E-state index contributed by atoms with van der Waals surface area (Å²) in [6.07, 6.45) is 3.99. The quantitative estimate of drug-likeness (QED) is 0.638. The lowest BCUT2D eigenvalue weighted by Gasteiger charge is -2.16. The molecule has 1 aromatic carbocycles. The van der Waals surface area contributed by atoms with Crippen LogP contribution in [0.3, 0.4) is 0 Å². The molecule has 2 heterocycles. The first kappa shape index (κ1) is 19.5. The number of amides is 1. The zero-order valence-corrected chi connectivity index (χ0v) is 16.3. The monoisotopic (exact) mass is 380 g/mol. The van der Waals surface area contributed by atoms with E-state index in [4.69, 9.17) is 9.26 Å². The standard InChI is InChI=1S/C21H24N4O3/c1-14(2)9-15(3)28-19-10-16(7-8-22-19)12-23-21(26)18-6-4-5-17(11-18)20-24-13-27-25-20/h4-8,10-11,13-15H,9,12H2,1-3H3,(H,23,26). The van der Waals surface area contributed by atoms with E-state index in [1.165, 1.54) is 6.39 Å². The predicted octanol–water partition coefficient (Wildman–Crippen LogP) is 3.88. The summed E-state index contributed by atoms with van der Waals surface area (Å²) in [7, 11) is 0. The molecule has 0 saturated heterocycles. The van der Waals surface area contributed by atoms with Gasteiger partial charge in [0.1, 0.15) is 0 Å². The van der Waals surface area contributed by atoms with Crippen molar-refractivity contribution in [1.82, 2.24) is 20.4 Å². The van der Waals surface area contributed by atoms with E-state index in [2.05, 4.69) is 34.3 Å². The number of pyridine rings is 1. The van der Waals surface area contributed by atoms with Crippen molar-refractivity contribution in [1.29, 1.82) is 0 Å². The van der Waals surface area contributed by atoms with Crippen molar-refractivity contribution in [3.8, 4) is 17.3 Å². The van der Waals surface area contributed by atoms with Crippen LogP contribution in [-0.2, 0) is 6.54 Å². The number of carbonyl (C=O) groups excluding carboxylic acids is 1. The first-order chi connectivity index (χ1) is 13.5. The van der Waals surface area contributed by atoms with Crippen LogP contribution < -0.4 is 10.1 Å². The van der Waals surface area contributed by atoms with Gasteiger partial charge in [0.15, 0.2) is 0 Å². The highest BCUT2D eigenvalue weighted by Gasteiger charge is 2.11. The summed E-state index contributed by atoms with van der Waals surface area (Å²) in [5.74, 6) is 1.39. The molecule has 0 aliphatic rings. The molecule has 0 fully saturated rings. The highest BCUT2D eigenvalue weighted by atomic mass is 16.5. The van der Waals surface area contributed by atoms with Crippen LogP contribution in [-0.4, -0.2) is 27.1 Å². The maximum absolute atomic E-state index is 12.5. The minimum Gasteiger partial charge on any atom is -0.475 e. The van der Waals surface area contributed by atoms with Crippen molar-refractivity contribution in [2.75, 3.05) is 0 Å². The normalized spacial score (nSPS) is 12.0. The van der Waals surface area contributed by atoms with E-state index in [1.54, 1.807) is 24.4 Å². The topological polar surface area (TPSA) is 90.1 Å². The highest BCUT2D eigenvalue weighted by molar-refractivity contribution is 5.95. The van der Waals surface area contributed by atoms with Crippen LogP contribution in [0, 0.1) is 5.92 Å². The van der Waals surface area contributed by atoms with Gasteiger partial charge in [-0.1, -0.05) is 31.1 Å². The number of carbonyl (C=O) groups is 1. The van der Waals surface area contributed by atoms with E-state index in [9.17, 15) is 4.79 Å². The largest absolute Gasteiger partial charge is 0.475 e. The molecule has 0 aliphatic heterocycles. The van der Waals surface area contributed by atoms with Gasteiger partial charge in [-0.05, 0) is 43.0 Å². The molecule has 3 rings (SSSR count). The van der Waals surface area contributed by atoms with Crippen molar-refractivity contribution in [2.45, 2.75) is 39.8 Å². The zero-order chi connectivity index (χ0) is 19.9. The van der Waals surface area contributed by atoms with Crippen LogP contribution in [0.5, 0.6) is 5.88 Å². The summed E-state index contributed by atoms with van der Waals surface area (Å²) in [6, 6.07) is 10.8. The van der Waals surface area contributed by atoms with Crippen LogP contribution in [0.25, 0.3) is 11.4 Å². The number of rotatable bonds is 8. The molecule has 3 aromatic rings. The molecular weight excluding hydrogens is 356 g/mol. The molecule has 146 valence electrons. The summed E-state index contributed by atoms with van der Waals surface area (Å²) >= 11 is 0. The number of nitrogens with one attached hydrogen (secondary N) is 1. The van der Waals surface area contributed by atoms with Gasteiger partial charge in [0, 0.05) is 29.9 Å². The molecule has 0 bridgehead atoms. The molecule has 0 radical (unpaired) electrons. The Balaban J connectivity index is 1.60. The van der Waals surface area contributed by atoms with Crippen molar-refractivity contribution in [3.05, 3.63) is 60.1 Å². The van der Waals surface area contributed by atoms with Gasteiger partial charge in [0.2, 0.25) is 18.1 Å². The molecule has 7 nitrogen and oxygen atoms in total. The maximum atomic E-state index is 12.5. The number of ether oxygens (including phenoxy) is 1. The third-order valence-electron chi connectivity index (χ3n) is 4.12. The SMILES string of the molecule is CC(C)CC(C)Oc1cc(CNC(=O)c2cccc(-c3ncon3)c2)ccn1. The van der Waals surface area contributed by atoms with Gasteiger partial charge < -0.3 is 14.6 Å². The molecule has 28 heavy (non-hydrogen) atoms. The van der Waals surface area contributed by atoms with Crippen molar-refractivity contribution >= 4 is 5.91 Å². The average molecular weight is 380 g/mol.